The minimum Gasteiger partial charge on any atom is -0.468 e. The fourth-order valence-corrected chi connectivity index (χ4v) is 2.77. The molecule has 0 saturated carbocycles. The number of rotatable bonds is 8. The predicted molar refractivity (Wildman–Crippen MR) is 86.5 cm³/mol. The lowest BCUT2D eigenvalue weighted by Gasteiger charge is -2.38. The number of ether oxygens (including phenoxy) is 1. The van der Waals surface area contributed by atoms with Crippen LogP contribution >= 0.6 is 0 Å². The van der Waals surface area contributed by atoms with Crippen LogP contribution in [-0.2, 0) is 9.53 Å². The van der Waals surface area contributed by atoms with Crippen molar-refractivity contribution in [3.63, 3.8) is 0 Å². The molecule has 1 N–H and O–H groups in total. The van der Waals surface area contributed by atoms with Crippen molar-refractivity contribution in [2.24, 2.45) is 0 Å². The minimum atomic E-state index is -0.570. The van der Waals surface area contributed by atoms with Gasteiger partial charge in [-0.25, -0.2) is 0 Å². The van der Waals surface area contributed by atoms with Crippen LogP contribution in [0, 0.1) is 0 Å². The molecule has 0 amide bonds. The average Bonchev–Trinajstić information content (AvgIpc) is 2.50. The van der Waals surface area contributed by atoms with Crippen molar-refractivity contribution in [2.45, 2.75) is 52.1 Å². The van der Waals surface area contributed by atoms with Gasteiger partial charge in [-0.3, -0.25) is 9.69 Å². The Morgan fingerprint density at radius 3 is 2.38 bits per heavy atom. The third kappa shape index (κ3) is 5.57. The zero-order valence-electron chi connectivity index (χ0n) is 14.4. The fourth-order valence-electron chi connectivity index (χ4n) is 2.77. The highest BCUT2D eigenvalue weighted by Gasteiger charge is 2.34. The summed E-state index contributed by atoms with van der Waals surface area (Å²) in [5.74, 6) is -0.156. The van der Waals surface area contributed by atoms with Gasteiger partial charge in [0.1, 0.15) is 5.54 Å². The number of nitrogens with one attached hydrogen (secondary N) is 1. The second-order valence-electron chi connectivity index (χ2n) is 6.47. The first kappa shape index (κ1) is 18.4. The number of esters is 1. The summed E-state index contributed by atoms with van der Waals surface area (Å²) in [6.07, 6.45) is 1.81. The van der Waals surface area contributed by atoms with Crippen molar-refractivity contribution in [2.75, 3.05) is 46.4 Å². The Balaban J connectivity index is 2.45. The van der Waals surface area contributed by atoms with E-state index in [1.165, 1.54) is 7.11 Å². The van der Waals surface area contributed by atoms with Crippen LogP contribution in [0.2, 0.25) is 0 Å². The predicted octanol–water partition coefficient (Wildman–Crippen LogP) is 1.33. The molecule has 1 saturated heterocycles. The Bertz CT molecular complexity index is 315. The van der Waals surface area contributed by atoms with Crippen LogP contribution in [0.3, 0.4) is 0 Å². The Kier molecular flexibility index (Phi) is 7.63. The van der Waals surface area contributed by atoms with Crippen LogP contribution in [0.1, 0.15) is 40.5 Å². The second-order valence-corrected chi connectivity index (χ2v) is 6.47. The molecular weight excluding hydrogens is 266 g/mol. The Hall–Kier alpha value is -0.650. The maximum absolute atomic E-state index is 12.0. The maximum atomic E-state index is 12.0. The van der Waals surface area contributed by atoms with E-state index in [9.17, 15) is 4.79 Å². The van der Waals surface area contributed by atoms with Gasteiger partial charge in [0.25, 0.3) is 0 Å². The number of nitrogens with zero attached hydrogens (tertiary/aromatic N) is 2. The smallest absolute Gasteiger partial charge is 0.325 e. The molecule has 124 valence electrons. The normalized spacial score (nSPS) is 20.5. The van der Waals surface area contributed by atoms with E-state index < -0.39 is 5.54 Å². The van der Waals surface area contributed by atoms with Gasteiger partial charge in [-0.2, -0.15) is 0 Å². The first-order valence-corrected chi connectivity index (χ1v) is 8.22. The van der Waals surface area contributed by atoms with Crippen molar-refractivity contribution in [1.82, 2.24) is 15.1 Å². The highest BCUT2D eigenvalue weighted by Crippen LogP contribution is 2.15. The molecule has 1 heterocycles. The van der Waals surface area contributed by atoms with Crippen LogP contribution in [0.5, 0.6) is 0 Å². The molecule has 1 fully saturated rings. The van der Waals surface area contributed by atoms with Gasteiger partial charge in [-0.15, -0.1) is 0 Å². The van der Waals surface area contributed by atoms with E-state index in [4.69, 9.17) is 4.74 Å². The molecule has 1 unspecified atom stereocenters. The number of hydrogen-bond donors (Lipinski definition) is 1. The first-order valence-electron chi connectivity index (χ1n) is 8.22. The highest BCUT2D eigenvalue weighted by molar-refractivity contribution is 5.80. The summed E-state index contributed by atoms with van der Waals surface area (Å²) in [4.78, 5) is 17.0. The van der Waals surface area contributed by atoms with Gasteiger partial charge in [0.05, 0.1) is 7.11 Å². The van der Waals surface area contributed by atoms with Crippen molar-refractivity contribution in [1.29, 1.82) is 0 Å². The summed E-state index contributed by atoms with van der Waals surface area (Å²) < 4.78 is 4.97. The summed E-state index contributed by atoms with van der Waals surface area (Å²) >= 11 is 0. The molecule has 0 aromatic heterocycles. The van der Waals surface area contributed by atoms with E-state index in [0.717, 1.165) is 52.1 Å². The molecule has 1 atom stereocenters. The maximum Gasteiger partial charge on any atom is 0.325 e. The average molecular weight is 299 g/mol. The van der Waals surface area contributed by atoms with Crippen LogP contribution in [0.4, 0.5) is 0 Å². The van der Waals surface area contributed by atoms with E-state index in [1.54, 1.807) is 0 Å². The Labute approximate surface area is 130 Å². The van der Waals surface area contributed by atoms with Gasteiger partial charge in [-0.1, -0.05) is 6.92 Å². The Morgan fingerprint density at radius 1 is 1.29 bits per heavy atom. The lowest BCUT2D eigenvalue weighted by Crippen LogP contribution is -2.54. The monoisotopic (exact) mass is 299 g/mol. The molecule has 0 radical (unpaired) electrons. The van der Waals surface area contributed by atoms with Crippen molar-refractivity contribution < 1.29 is 9.53 Å². The van der Waals surface area contributed by atoms with Gasteiger partial charge in [-0.05, 0) is 40.2 Å². The van der Waals surface area contributed by atoms with Crippen LogP contribution in [0.15, 0.2) is 0 Å². The molecule has 21 heavy (non-hydrogen) atoms. The zero-order chi connectivity index (χ0) is 15.9. The second kappa shape index (κ2) is 8.71. The third-order valence-corrected chi connectivity index (χ3v) is 4.47. The largest absolute Gasteiger partial charge is 0.468 e. The van der Waals surface area contributed by atoms with Crippen molar-refractivity contribution in [3.8, 4) is 0 Å². The fraction of sp³-hybridized carbons (Fsp3) is 0.938. The van der Waals surface area contributed by atoms with Crippen molar-refractivity contribution in [3.05, 3.63) is 0 Å². The third-order valence-electron chi connectivity index (χ3n) is 4.47. The highest BCUT2D eigenvalue weighted by atomic mass is 16.5. The van der Waals surface area contributed by atoms with Gasteiger partial charge in [0.15, 0.2) is 0 Å². The summed E-state index contributed by atoms with van der Waals surface area (Å²) in [7, 11) is 1.47. The molecule has 0 aromatic rings. The number of hydrogen-bond acceptors (Lipinski definition) is 5. The SMILES string of the molecule is CCCNC(C)(CCN1CCN(C(C)C)CC1)C(=O)OC. The van der Waals surface area contributed by atoms with E-state index >= 15 is 0 Å². The lowest BCUT2D eigenvalue weighted by atomic mass is 9.97. The van der Waals surface area contributed by atoms with E-state index in [1.807, 2.05) is 6.92 Å². The van der Waals surface area contributed by atoms with Gasteiger partial charge >= 0.3 is 5.97 Å². The molecule has 0 aromatic carbocycles. The van der Waals surface area contributed by atoms with E-state index in [0.29, 0.717) is 6.04 Å². The quantitative estimate of drug-likeness (QED) is 0.685. The summed E-state index contributed by atoms with van der Waals surface area (Å²) in [5.41, 5.74) is -0.570. The summed E-state index contributed by atoms with van der Waals surface area (Å²) in [6.45, 7) is 14.8. The van der Waals surface area contributed by atoms with Gasteiger partial charge in [0.2, 0.25) is 0 Å². The van der Waals surface area contributed by atoms with Crippen LogP contribution < -0.4 is 5.32 Å². The molecule has 0 aliphatic carbocycles. The molecule has 1 aliphatic rings. The summed E-state index contributed by atoms with van der Waals surface area (Å²) in [5, 5.41) is 3.35. The van der Waals surface area contributed by atoms with Crippen LogP contribution in [-0.4, -0.2) is 73.7 Å². The topological polar surface area (TPSA) is 44.8 Å². The van der Waals surface area contributed by atoms with Gasteiger partial charge in [0, 0.05) is 38.8 Å². The van der Waals surface area contributed by atoms with Crippen LogP contribution in [0.25, 0.3) is 0 Å². The molecule has 5 heteroatoms. The van der Waals surface area contributed by atoms with E-state index in [2.05, 4.69) is 35.9 Å². The summed E-state index contributed by atoms with van der Waals surface area (Å²) in [6, 6.07) is 0.624. The zero-order valence-corrected chi connectivity index (χ0v) is 14.4. The molecule has 0 bridgehead atoms. The lowest BCUT2D eigenvalue weighted by molar-refractivity contribution is -0.148. The number of methoxy groups -OCH3 is 1. The van der Waals surface area contributed by atoms with Gasteiger partial charge < -0.3 is 15.0 Å². The van der Waals surface area contributed by atoms with E-state index in [-0.39, 0.29) is 5.97 Å². The standard InChI is InChI=1S/C16H33N3O2/c1-6-8-17-16(4,15(20)21-5)7-9-18-10-12-19(13-11-18)14(2)3/h14,17H,6-13H2,1-5H3. The molecule has 1 aliphatic heterocycles. The molecular formula is C16H33N3O2. The molecule has 0 spiro atoms. The number of carbonyl (C=O) groups excluding carboxylic acids is 1. The van der Waals surface area contributed by atoms with Crippen molar-refractivity contribution >= 4 is 5.97 Å². The minimum absolute atomic E-state index is 0.156. The molecule has 1 rings (SSSR count). The number of piperazine rings is 1. The first-order chi connectivity index (χ1) is 9.92. The molecule has 5 nitrogen and oxygen atoms in total. The Morgan fingerprint density at radius 2 is 1.90 bits per heavy atom. The number of carbonyl (C=O) groups is 1.